The summed E-state index contributed by atoms with van der Waals surface area (Å²) < 4.78 is 49.2. The molecule has 9 heteroatoms. The number of hydrogen-bond acceptors (Lipinski definition) is 8. The third kappa shape index (κ3) is 11.9. The molecule has 0 N–H and O–H groups in total. The topological polar surface area (TPSA) is 81.7 Å². The van der Waals surface area contributed by atoms with Crippen LogP contribution in [0.2, 0.25) is 5.04 Å². The number of ether oxygens (including phenoxy) is 6. The summed E-state index contributed by atoms with van der Waals surface area (Å²) in [4.78, 5) is 14.8. The van der Waals surface area contributed by atoms with Crippen molar-refractivity contribution >= 4 is 24.5 Å². The van der Waals surface area contributed by atoms with Gasteiger partial charge in [0.15, 0.2) is 12.1 Å². The zero-order chi connectivity index (χ0) is 50.8. The van der Waals surface area contributed by atoms with Crippen molar-refractivity contribution in [3.8, 4) is 0 Å². The van der Waals surface area contributed by atoms with Gasteiger partial charge in [0, 0.05) is 12.2 Å². The lowest BCUT2D eigenvalue weighted by Gasteiger charge is -2.46. The number of carbonyl (C=O) groups is 1. The highest BCUT2D eigenvalue weighted by Crippen LogP contribution is 2.45. The molecule has 2 aliphatic rings. The molecule has 0 bridgehead atoms. The molecular formula is C64H70O8Si. The first-order chi connectivity index (χ1) is 35.5. The molecule has 9 rings (SSSR count). The molecule has 378 valence electrons. The van der Waals surface area contributed by atoms with Gasteiger partial charge in [-0.25, -0.2) is 0 Å². The van der Waals surface area contributed by atoms with Crippen LogP contribution in [0.3, 0.4) is 0 Å². The van der Waals surface area contributed by atoms with Crippen LogP contribution < -0.4 is 10.4 Å². The Morgan fingerprint density at radius 3 is 1.48 bits per heavy atom. The molecule has 1 aliphatic carbocycles. The molecule has 1 saturated heterocycles. The average Bonchev–Trinajstić information content (AvgIpc) is 3.64. The monoisotopic (exact) mass is 994 g/mol. The van der Waals surface area contributed by atoms with Gasteiger partial charge in [-0.1, -0.05) is 216 Å². The first-order valence-electron chi connectivity index (χ1n) is 25.8. The molecule has 1 fully saturated rings. The van der Waals surface area contributed by atoms with Crippen LogP contribution in [0.1, 0.15) is 88.7 Å². The third-order valence-corrected chi connectivity index (χ3v) is 19.6. The van der Waals surface area contributed by atoms with E-state index in [1.54, 1.807) is 0 Å². The van der Waals surface area contributed by atoms with Crippen molar-refractivity contribution in [2.75, 3.05) is 13.2 Å². The SMILES string of the molecule is Cc1cc2c(c(C)c1CCO[Si](c1ccccc1)(c1ccccc1)C(C)(C)C)C(=O)[C@H](C)[C@@H]2O[C@@H]1O[C@H](COCc2ccccc2)[C@@H](OCc2ccccc2)[C@H](OCc2ccccc2)[C@H]1OCc1ccccc1. The summed E-state index contributed by atoms with van der Waals surface area (Å²) in [6.45, 7) is 15.1. The lowest BCUT2D eigenvalue weighted by atomic mass is 9.92. The van der Waals surface area contributed by atoms with Crippen LogP contribution in [-0.4, -0.2) is 58.0 Å². The summed E-state index contributed by atoms with van der Waals surface area (Å²) in [5.41, 5.74) is 8.81. The van der Waals surface area contributed by atoms with E-state index in [2.05, 4.69) is 113 Å². The normalized spacial score (nSPS) is 21.0. The predicted molar refractivity (Wildman–Crippen MR) is 290 cm³/mol. The Morgan fingerprint density at radius 1 is 0.562 bits per heavy atom. The summed E-state index contributed by atoms with van der Waals surface area (Å²) in [6.07, 6.45) is -3.67. The van der Waals surface area contributed by atoms with E-state index in [1.165, 1.54) is 10.4 Å². The Hall–Kier alpha value is -5.85. The van der Waals surface area contributed by atoms with Crippen molar-refractivity contribution in [2.24, 2.45) is 5.92 Å². The maximum Gasteiger partial charge on any atom is 0.261 e. The summed E-state index contributed by atoms with van der Waals surface area (Å²) in [7, 11) is -2.79. The van der Waals surface area contributed by atoms with E-state index in [0.717, 1.165) is 44.5 Å². The van der Waals surface area contributed by atoms with Gasteiger partial charge in [0.05, 0.1) is 45.1 Å². The average molecular weight is 995 g/mol. The molecule has 8 nitrogen and oxygen atoms in total. The van der Waals surface area contributed by atoms with Gasteiger partial charge in [0.25, 0.3) is 8.32 Å². The second-order valence-electron chi connectivity index (χ2n) is 20.6. The standard InChI is InChI=1S/C64H70O8Si/c1-45-39-55-57(46(2)54(45)37-38-70-73(64(4,5)6,52-33-21-11-22-34-52)53-35-23-12-24-36-53)58(65)47(3)59(55)72-63-62(69-43-51-31-19-10-20-32-51)61(68-42-50-29-17-9-18-30-50)60(67-41-49-27-15-8-16-28-49)56(71-63)44-66-40-48-25-13-7-14-26-48/h7-36,39,47,56,59-63H,37-38,40-44H2,1-6H3/t47-,56+,59-,60+,61-,62+,63-/m0/s1. The molecule has 1 aliphatic heterocycles. The number of fused-ring (bicyclic) bond motifs is 1. The fourth-order valence-corrected chi connectivity index (χ4v) is 15.5. The number of rotatable bonds is 21. The number of ketones is 1. The van der Waals surface area contributed by atoms with Crippen LogP contribution >= 0.6 is 0 Å². The van der Waals surface area contributed by atoms with Crippen LogP contribution in [0, 0.1) is 19.8 Å². The van der Waals surface area contributed by atoms with Crippen molar-refractivity contribution in [3.05, 3.63) is 238 Å². The van der Waals surface area contributed by atoms with Crippen molar-refractivity contribution in [2.45, 2.75) is 116 Å². The Balaban J connectivity index is 1.04. The molecule has 0 spiro atoms. The summed E-state index contributed by atoms with van der Waals surface area (Å²) in [5.74, 6) is -0.452. The van der Waals surface area contributed by atoms with E-state index in [-0.39, 0.29) is 24.0 Å². The largest absolute Gasteiger partial charge is 0.407 e. The minimum atomic E-state index is -2.79. The van der Waals surface area contributed by atoms with Gasteiger partial charge in [0.2, 0.25) is 0 Å². The number of carbonyl (C=O) groups excluding carboxylic acids is 1. The van der Waals surface area contributed by atoms with Crippen LogP contribution in [0.5, 0.6) is 0 Å². The van der Waals surface area contributed by atoms with Crippen LogP contribution in [0.4, 0.5) is 0 Å². The quantitative estimate of drug-likeness (QED) is 0.0659. The van der Waals surface area contributed by atoms with E-state index in [0.29, 0.717) is 38.4 Å². The Morgan fingerprint density at radius 2 is 1.00 bits per heavy atom. The first kappa shape index (κ1) is 52.0. The summed E-state index contributed by atoms with van der Waals surface area (Å²) >= 11 is 0. The van der Waals surface area contributed by atoms with Gasteiger partial charge in [-0.2, -0.15) is 0 Å². The van der Waals surface area contributed by atoms with Gasteiger partial charge in [-0.15, -0.1) is 0 Å². The minimum absolute atomic E-state index is 0.0490. The molecule has 7 aromatic rings. The molecular weight excluding hydrogens is 925 g/mol. The van der Waals surface area contributed by atoms with E-state index in [1.807, 2.05) is 116 Å². The third-order valence-electron chi connectivity index (χ3n) is 14.6. The van der Waals surface area contributed by atoms with Crippen LogP contribution in [0.25, 0.3) is 0 Å². The van der Waals surface area contributed by atoms with E-state index in [9.17, 15) is 4.79 Å². The maximum atomic E-state index is 14.8. The molecule has 0 aromatic heterocycles. The summed E-state index contributed by atoms with van der Waals surface area (Å²) in [6, 6.07) is 64.0. The molecule has 1 heterocycles. The van der Waals surface area contributed by atoms with Gasteiger partial charge in [-0.3, -0.25) is 4.79 Å². The maximum absolute atomic E-state index is 14.8. The molecule has 7 atom stereocenters. The summed E-state index contributed by atoms with van der Waals surface area (Å²) in [5, 5.41) is 2.32. The van der Waals surface area contributed by atoms with Gasteiger partial charge >= 0.3 is 0 Å². The predicted octanol–water partition coefficient (Wildman–Crippen LogP) is 12.0. The van der Waals surface area contributed by atoms with Crippen molar-refractivity contribution in [1.82, 2.24) is 0 Å². The van der Waals surface area contributed by atoms with E-state index >= 15 is 0 Å². The number of hydrogen-bond donors (Lipinski definition) is 0. The van der Waals surface area contributed by atoms with Crippen molar-refractivity contribution < 1.29 is 37.6 Å². The van der Waals surface area contributed by atoms with Gasteiger partial charge in [-0.05, 0) is 80.2 Å². The van der Waals surface area contributed by atoms with Crippen LogP contribution in [-0.2, 0) is 65.7 Å². The van der Waals surface area contributed by atoms with E-state index < -0.39 is 51.0 Å². The Kier molecular flexibility index (Phi) is 17.1. The Labute approximate surface area is 433 Å². The van der Waals surface area contributed by atoms with Crippen molar-refractivity contribution in [1.29, 1.82) is 0 Å². The lowest BCUT2D eigenvalue weighted by Crippen LogP contribution is -2.66. The first-order valence-corrected chi connectivity index (χ1v) is 27.7. The highest BCUT2D eigenvalue weighted by molar-refractivity contribution is 6.99. The fraction of sp³-hybridized carbons (Fsp3) is 0.328. The van der Waals surface area contributed by atoms with Crippen molar-refractivity contribution in [3.63, 3.8) is 0 Å². The van der Waals surface area contributed by atoms with Crippen LogP contribution in [0.15, 0.2) is 188 Å². The number of aryl methyl sites for hydroxylation is 1. The minimum Gasteiger partial charge on any atom is -0.407 e. The van der Waals surface area contributed by atoms with Gasteiger partial charge in [0.1, 0.15) is 24.4 Å². The molecule has 0 unspecified atom stereocenters. The molecule has 7 aromatic carbocycles. The second kappa shape index (κ2) is 24.0. The Bertz CT molecular complexity index is 2790. The molecule has 73 heavy (non-hydrogen) atoms. The van der Waals surface area contributed by atoms with E-state index in [4.69, 9.17) is 32.8 Å². The molecule has 0 saturated carbocycles. The second-order valence-corrected chi connectivity index (χ2v) is 24.9. The smallest absolute Gasteiger partial charge is 0.261 e. The zero-order valence-corrected chi connectivity index (χ0v) is 44.2. The fourth-order valence-electron chi connectivity index (χ4n) is 10.9. The zero-order valence-electron chi connectivity index (χ0n) is 43.2. The molecule has 0 amide bonds. The van der Waals surface area contributed by atoms with Gasteiger partial charge < -0.3 is 32.8 Å². The lowest BCUT2D eigenvalue weighted by molar-refractivity contribution is -0.338. The highest BCUT2D eigenvalue weighted by atomic mass is 28.4. The highest BCUT2D eigenvalue weighted by Gasteiger charge is 2.53. The molecule has 0 radical (unpaired) electrons. The number of Topliss-reactive ketones (excluding diaryl/α,β-unsaturated/α-hetero) is 1. The number of benzene rings is 7.